The molecule has 1 N–H and O–H groups in total. The first-order valence-electron chi connectivity index (χ1n) is 14.0. The third-order valence-corrected chi connectivity index (χ3v) is 8.91. The van der Waals surface area contributed by atoms with Gasteiger partial charge < -0.3 is 29.0 Å². The number of thioether (sulfide) groups is 1. The Balaban J connectivity index is 1.80. The molecular formula is C32H38BrNO7S. The van der Waals surface area contributed by atoms with Gasteiger partial charge >= 0.3 is 5.97 Å². The zero-order valence-electron chi connectivity index (χ0n) is 24.9. The molecule has 1 aliphatic heterocycles. The summed E-state index contributed by atoms with van der Waals surface area (Å²) in [6.07, 6.45) is 0.881. The number of dihydropyridines is 1. The van der Waals surface area contributed by atoms with Crippen LogP contribution in [0.1, 0.15) is 56.6 Å². The van der Waals surface area contributed by atoms with E-state index in [-0.39, 0.29) is 18.1 Å². The molecule has 1 aliphatic carbocycles. The Morgan fingerprint density at radius 1 is 1.00 bits per heavy atom. The van der Waals surface area contributed by atoms with Crippen molar-refractivity contribution in [3.63, 3.8) is 0 Å². The molecule has 2 aromatic rings. The van der Waals surface area contributed by atoms with Crippen molar-refractivity contribution < 1.29 is 33.3 Å². The number of Topliss-reactive ketones (excluding diaryl/α,β-unsaturated/α-hetero) is 1. The molecule has 10 heteroatoms. The first-order chi connectivity index (χ1) is 20.3. The van der Waals surface area contributed by atoms with Gasteiger partial charge in [-0.05, 0) is 83.3 Å². The Bertz CT molecular complexity index is 1400. The van der Waals surface area contributed by atoms with Gasteiger partial charge in [-0.25, -0.2) is 4.79 Å². The lowest BCUT2D eigenvalue weighted by Crippen LogP contribution is -2.36. The van der Waals surface area contributed by atoms with Crippen LogP contribution in [0.2, 0.25) is 0 Å². The van der Waals surface area contributed by atoms with Crippen LogP contribution in [0.25, 0.3) is 0 Å². The van der Waals surface area contributed by atoms with Crippen LogP contribution in [0.15, 0.2) is 57.3 Å². The monoisotopic (exact) mass is 659 g/mol. The number of ether oxygens (including phenoxy) is 5. The lowest BCUT2D eigenvalue weighted by Gasteiger charge is -2.37. The van der Waals surface area contributed by atoms with Crippen LogP contribution in [0.4, 0.5) is 0 Å². The smallest absolute Gasteiger partial charge is 0.336 e. The van der Waals surface area contributed by atoms with E-state index in [1.165, 1.54) is 0 Å². The fourth-order valence-corrected chi connectivity index (χ4v) is 6.73. The van der Waals surface area contributed by atoms with Gasteiger partial charge in [0.25, 0.3) is 0 Å². The molecule has 0 aromatic heterocycles. The summed E-state index contributed by atoms with van der Waals surface area (Å²) in [5.74, 6) is 2.80. The number of carbonyl (C=O) groups excluding carboxylic acids is 2. The fourth-order valence-electron chi connectivity index (χ4n) is 5.62. The van der Waals surface area contributed by atoms with Crippen LogP contribution in [-0.2, 0) is 14.3 Å². The minimum Gasteiger partial charge on any atom is -0.493 e. The summed E-state index contributed by atoms with van der Waals surface area (Å²) in [4.78, 5) is 27.7. The minimum atomic E-state index is -0.632. The second-order valence-corrected chi connectivity index (χ2v) is 12.2. The van der Waals surface area contributed by atoms with Gasteiger partial charge in [0, 0.05) is 35.1 Å². The summed E-state index contributed by atoms with van der Waals surface area (Å²) < 4.78 is 28.8. The standard InChI is InChI=1S/C32H38BrNO7S/c1-7-40-27-17-21(13-22(33)31(27)39-6)29-28(32(36)41-11-12-42-8-2)18(3)34-23-14-20(15-24(35)30(23)29)19-9-10-25(37-4)26(16-19)38-5/h9-10,13,16-17,20,29,34H,7-8,11-12,14-15H2,1-6H3. The molecule has 8 nitrogen and oxygen atoms in total. The van der Waals surface area contributed by atoms with E-state index in [1.807, 2.05) is 44.2 Å². The average molecular weight is 661 g/mol. The predicted octanol–water partition coefficient (Wildman–Crippen LogP) is 6.53. The maximum Gasteiger partial charge on any atom is 0.336 e. The highest BCUT2D eigenvalue weighted by atomic mass is 79.9. The largest absolute Gasteiger partial charge is 0.493 e. The van der Waals surface area contributed by atoms with Gasteiger partial charge in [0.15, 0.2) is 28.8 Å². The summed E-state index contributed by atoms with van der Waals surface area (Å²) >= 11 is 5.32. The van der Waals surface area contributed by atoms with Gasteiger partial charge in [0.05, 0.1) is 38.0 Å². The molecule has 4 rings (SSSR count). The predicted molar refractivity (Wildman–Crippen MR) is 168 cm³/mol. The molecule has 2 aliphatic rings. The Morgan fingerprint density at radius 2 is 1.74 bits per heavy atom. The second kappa shape index (κ2) is 14.4. The zero-order valence-corrected chi connectivity index (χ0v) is 27.3. The number of ketones is 1. The van der Waals surface area contributed by atoms with Gasteiger partial charge in [-0.1, -0.05) is 13.0 Å². The van der Waals surface area contributed by atoms with Gasteiger partial charge in [-0.3, -0.25) is 4.79 Å². The highest BCUT2D eigenvalue weighted by Crippen LogP contribution is 2.49. The first kappa shape index (κ1) is 31.8. The van der Waals surface area contributed by atoms with Crippen molar-refractivity contribution >= 4 is 39.4 Å². The number of methoxy groups -OCH3 is 3. The van der Waals surface area contributed by atoms with Crippen LogP contribution in [0, 0.1) is 0 Å². The SMILES string of the molecule is CCOc1cc(C2C(C(=O)OCCSCC)=C(C)NC3=C2C(=O)CC(c2ccc(OC)c(OC)c2)C3)cc(Br)c1OC. The van der Waals surface area contributed by atoms with Crippen molar-refractivity contribution in [1.29, 1.82) is 0 Å². The molecular weight excluding hydrogens is 622 g/mol. The molecule has 2 unspecified atom stereocenters. The summed E-state index contributed by atoms with van der Waals surface area (Å²) in [5.41, 5.74) is 4.19. The molecule has 0 bridgehead atoms. The quantitative estimate of drug-likeness (QED) is 0.202. The second-order valence-electron chi connectivity index (χ2n) is 9.93. The molecule has 42 heavy (non-hydrogen) atoms. The van der Waals surface area contributed by atoms with E-state index in [9.17, 15) is 9.59 Å². The number of allylic oxidation sites excluding steroid dienone is 3. The summed E-state index contributed by atoms with van der Waals surface area (Å²) in [5, 5.41) is 3.42. The van der Waals surface area contributed by atoms with E-state index in [2.05, 4.69) is 28.2 Å². The zero-order chi connectivity index (χ0) is 30.4. The third kappa shape index (κ3) is 6.59. The van der Waals surface area contributed by atoms with Gasteiger partial charge in [-0.15, -0.1) is 0 Å². The Morgan fingerprint density at radius 3 is 2.40 bits per heavy atom. The van der Waals surface area contributed by atoms with Crippen molar-refractivity contribution in [2.24, 2.45) is 0 Å². The molecule has 2 atom stereocenters. The van der Waals surface area contributed by atoms with Crippen LogP contribution in [0.5, 0.6) is 23.0 Å². The van der Waals surface area contributed by atoms with Crippen LogP contribution in [0.3, 0.4) is 0 Å². The topological polar surface area (TPSA) is 92.3 Å². The van der Waals surface area contributed by atoms with Crippen LogP contribution in [-0.4, -0.2) is 57.8 Å². The number of benzene rings is 2. The Labute approximate surface area is 260 Å². The average Bonchev–Trinajstić information content (AvgIpc) is 2.98. The molecule has 0 fully saturated rings. The molecule has 2 aromatic carbocycles. The minimum absolute atomic E-state index is 0.0298. The molecule has 0 amide bonds. The lowest BCUT2D eigenvalue weighted by atomic mass is 9.71. The molecule has 0 saturated carbocycles. The van der Waals surface area contributed by atoms with Gasteiger partial charge in [-0.2, -0.15) is 11.8 Å². The number of nitrogens with one attached hydrogen (secondary N) is 1. The number of hydrogen-bond acceptors (Lipinski definition) is 9. The van der Waals surface area contributed by atoms with E-state index in [0.29, 0.717) is 69.7 Å². The number of halogens is 1. The highest BCUT2D eigenvalue weighted by Gasteiger charge is 2.42. The van der Waals surface area contributed by atoms with E-state index in [0.717, 1.165) is 22.6 Å². The van der Waals surface area contributed by atoms with E-state index >= 15 is 0 Å². The molecule has 0 radical (unpaired) electrons. The van der Waals surface area contributed by atoms with E-state index < -0.39 is 11.9 Å². The Hall–Kier alpha value is -3.11. The van der Waals surface area contributed by atoms with Crippen LogP contribution >= 0.6 is 27.7 Å². The van der Waals surface area contributed by atoms with E-state index in [1.54, 1.807) is 33.1 Å². The van der Waals surface area contributed by atoms with Crippen LogP contribution < -0.4 is 24.3 Å². The molecule has 0 saturated heterocycles. The first-order valence-corrected chi connectivity index (χ1v) is 15.9. The fraction of sp³-hybridized carbons (Fsp3) is 0.438. The van der Waals surface area contributed by atoms with Crippen molar-refractivity contribution in [1.82, 2.24) is 5.32 Å². The third-order valence-electron chi connectivity index (χ3n) is 7.46. The molecule has 1 heterocycles. The van der Waals surface area contributed by atoms with E-state index in [4.69, 9.17) is 23.7 Å². The van der Waals surface area contributed by atoms with Gasteiger partial charge in [0.1, 0.15) is 6.61 Å². The highest BCUT2D eigenvalue weighted by molar-refractivity contribution is 9.10. The maximum absolute atomic E-state index is 14.1. The normalized spacial score (nSPS) is 18.3. The lowest BCUT2D eigenvalue weighted by molar-refractivity contribution is -0.138. The Kier molecular flexibility index (Phi) is 10.9. The number of carbonyl (C=O) groups is 2. The molecule has 226 valence electrons. The van der Waals surface area contributed by atoms with Crippen molar-refractivity contribution in [3.8, 4) is 23.0 Å². The summed E-state index contributed by atoms with van der Waals surface area (Å²) in [7, 11) is 4.77. The number of rotatable bonds is 12. The van der Waals surface area contributed by atoms with Crippen molar-refractivity contribution in [3.05, 3.63) is 68.5 Å². The van der Waals surface area contributed by atoms with Crippen molar-refractivity contribution in [2.45, 2.75) is 45.4 Å². The maximum atomic E-state index is 14.1. The van der Waals surface area contributed by atoms with Gasteiger partial charge in [0.2, 0.25) is 0 Å². The summed E-state index contributed by atoms with van der Waals surface area (Å²) in [6, 6.07) is 9.51. The summed E-state index contributed by atoms with van der Waals surface area (Å²) in [6.45, 7) is 6.54. The number of hydrogen-bond donors (Lipinski definition) is 1. The van der Waals surface area contributed by atoms with Crippen molar-refractivity contribution in [2.75, 3.05) is 46.0 Å². The number of esters is 1. The molecule has 0 spiro atoms.